The van der Waals surface area contributed by atoms with Gasteiger partial charge in [-0.1, -0.05) is 36.4 Å². The fourth-order valence-electron chi connectivity index (χ4n) is 4.52. The quantitative estimate of drug-likeness (QED) is 0.506. The van der Waals surface area contributed by atoms with Gasteiger partial charge in [-0.2, -0.15) is 0 Å². The molecular formula is C27H28N2O3S. The van der Waals surface area contributed by atoms with E-state index in [2.05, 4.69) is 11.4 Å². The average Bonchev–Trinajstić information content (AvgIpc) is 3.57. The second-order valence-corrected chi connectivity index (χ2v) is 9.76. The van der Waals surface area contributed by atoms with Crippen molar-refractivity contribution in [3.8, 4) is 5.75 Å². The van der Waals surface area contributed by atoms with Crippen molar-refractivity contribution in [2.24, 2.45) is 0 Å². The number of aryl methyl sites for hydroxylation is 1. The molecule has 0 N–H and O–H groups in total. The van der Waals surface area contributed by atoms with E-state index in [-0.39, 0.29) is 30.4 Å². The van der Waals surface area contributed by atoms with Gasteiger partial charge in [0.15, 0.2) is 0 Å². The number of fused-ring (bicyclic) bond motifs is 1. The number of carbonyl (C=O) groups excluding carboxylic acids is 2. The Morgan fingerprint density at radius 3 is 2.58 bits per heavy atom. The maximum Gasteiger partial charge on any atom is 0.254 e. The minimum atomic E-state index is -0.151. The summed E-state index contributed by atoms with van der Waals surface area (Å²) in [6, 6.07) is 19.4. The molecule has 1 aliphatic heterocycles. The third-order valence-corrected chi connectivity index (χ3v) is 7.49. The van der Waals surface area contributed by atoms with Crippen LogP contribution in [-0.2, 0) is 11.2 Å². The molecule has 2 aromatic carbocycles. The van der Waals surface area contributed by atoms with Crippen LogP contribution in [0, 0.1) is 6.92 Å². The number of hydrogen-bond donors (Lipinski definition) is 0. The Hall–Kier alpha value is -3.12. The SMILES string of the molecule is Cc1ccccc1C(=O)N(CC(=O)N1CCc2sccc2C1COc1ccccc1)C1CC1. The summed E-state index contributed by atoms with van der Waals surface area (Å²) in [4.78, 5) is 32.0. The summed E-state index contributed by atoms with van der Waals surface area (Å²) in [6.45, 7) is 3.10. The van der Waals surface area contributed by atoms with Crippen LogP contribution in [-0.4, -0.2) is 47.4 Å². The zero-order valence-electron chi connectivity index (χ0n) is 18.8. The number of rotatable bonds is 7. The minimum Gasteiger partial charge on any atom is -0.491 e. The van der Waals surface area contributed by atoms with Crippen LogP contribution in [0.3, 0.4) is 0 Å². The summed E-state index contributed by atoms with van der Waals surface area (Å²) < 4.78 is 6.08. The van der Waals surface area contributed by atoms with Crippen molar-refractivity contribution in [1.29, 1.82) is 0 Å². The molecule has 1 aromatic heterocycles. The highest BCUT2D eigenvalue weighted by molar-refractivity contribution is 7.10. The molecule has 0 bridgehead atoms. The van der Waals surface area contributed by atoms with E-state index in [1.54, 1.807) is 16.2 Å². The molecule has 1 aliphatic carbocycles. The van der Waals surface area contributed by atoms with Gasteiger partial charge in [0, 0.05) is 23.0 Å². The Morgan fingerprint density at radius 1 is 1.06 bits per heavy atom. The first-order valence-electron chi connectivity index (χ1n) is 11.5. The number of benzene rings is 2. The lowest BCUT2D eigenvalue weighted by molar-refractivity contribution is -0.135. The first-order chi connectivity index (χ1) is 16.1. The van der Waals surface area contributed by atoms with Crippen LogP contribution < -0.4 is 4.74 Å². The fraction of sp³-hybridized carbons (Fsp3) is 0.333. The van der Waals surface area contributed by atoms with Crippen molar-refractivity contribution in [3.63, 3.8) is 0 Å². The zero-order chi connectivity index (χ0) is 22.8. The van der Waals surface area contributed by atoms with Crippen LogP contribution >= 0.6 is 11.3 Å². The maximum absolute atomic E-state index is 13.6. The van der Waals surface area contributed by atoms with E-state index in [4.69, 9.17) is 4.74 Å². The number of ether oxygens (including phenoxy) is 1. The van der Waals surface area contributed by atoms with Crippen LogP contribution in [0.2, 0.25) is 0 Å². The Labute approximate surface area is 198 Å². The number of amides is 2. The number of thiophene rings is 1. The van der Waals surface area contributed by atoms with Crippen molar-refractivity contribution >= 4 is 23.2 Å². The molecular weight excluding hydrogens is 432 g/mol. The normalized spacial score (nSPS) is 17.4. The van der Waals surface area contributed by atoms with Crippen molar-refractivity contribution in [2.45, 2.75) is 38.3 Å². The fourth-order valence-corrected chi connectivity index (χ4v) is 5.45. The molecule has 5 nitrogen and oxygen atoms in total. The average molecular weight is 461 g/mol. The first-order valence-corrected chi connectivity index (χ1v) is 12.4. The molecule has 0 radical (unpaired) electrons. The zero-order valence-corrected chi connectivity index (χ0v) is 19.6. The van der Waals surface area contributed by atoms with Gasteiger partial charge in [-0.3, -0.25) is 9.59 Å². The van der Waals surface area contributed by atoms with E-state index in [1.807, 2.05) is 66.4 Å². The summed E-state index contributed by atoms with van der Waals surface area (Å²) in [6.07, 6.45) is 2.76. The molecule has 1 saturated carbocycles. The van der Waals surface area contributed by atoms with Gasteiger partial charge in [-0.25, -0.2) is 0 Å². The van der Waals surface area contributed by atoms with Crippen molar-refractivity contribution in [1.82, 2.24) is 9.80 Å². The Kier molecular flexibility index (Phi) is 6.18. The Bertz CT molecular complexity index is 1140. The van der Waals surface area contributed by atoms with E-state index >= 15 is 0 Å². The lowest BCUT2D eigenvalue weighted by atomic mass is 10.00. The molecule has 0 saturated heterocycles. The molecule has 0 spiro atoms. The summed E-state index contributed by atoms with van der Waals surface area (Å²) in [5.41, 5.74) is 2.79. The van der Waals surface area contributed by atoms with E-state index in [0.717, 1.165) is 30.6 Å². The van der Waals surface area contributed by atoms with Crippen molar-refractivity contribution in [2.75, 3.05) is 19.7 Å². The molecule has 6 heteroatoms. The molecule has 3 aromatic rings. The largest absolute Gasteiger partial charge is 0.491 e. The molecule has 1 fully saturated rings. The first kappa shape index (κ1) is 21.7. The molecule has 2 amide bonds. The van der Waals surface area contributed by atoms with Crippen LogP contribution in [0.25, 0.3) is 0 Å². The number of para-hydroxylation sites is 1. The lowest BCUT2D eigenvalue weighted by Crippen LogP contribution is -2.48. The molecule has 170 valence electrons. The second kappa shape index (κ2) is 9.40. The van der Waals surface area contributed by atoms with Crippen LogP contribution in [0.5, 0.6) is 5.75 Å². The van der Waals surface area contributed by atoms with Gasteiger partial charge in [-0.05, 0) is 67.0 Å². The van der Waals surface area contributed by atoms with Gasteiger partial charge in [0.1, 0.15) is 18.9 Å². The van der Waals surface area contributed by atoms with Gasteiger partial charge in [0.2, 0.25) is 5.91 Å². The van der Waals surface area contributed by atoms with Crippen LogP contribution in [0.4, 0.5) is 0 Å². The van der Waals surface area contributed by atoms with Crippen LogP contribution in [0.1, 0.15) is 45.2 Å². The van der Waals surface area contributed by atoms with Gasteiger partial charge in [-0.15, -0.1) is 11.3 Å². The number of carbonyl (C=O) groups is 2. The van der Waals surface area contributed by atoms with Crippen LogP contribution in [0.15, 0.2) is 66.0 Å². The predicted molar refractivity (Wildman–Crippen MR) is 130 cm³/mol. The monoisotopic (exact) mass is 460 g/mol. The summed E-state index contributed by atoms with van der Waals surface area (Å²) in [5.74, 6) is 0.734. The molecule has 2 heterocycles. The van der Waals surface area contributed by atoms with E-state index in [0.29, 0.717) is 18.7 Å². The third-order valence-electron chi connectivity index (χ3n) is 6.50. The van der Waals surface area contributed by atoms with Gasteiger partial charge < -0.3 is 14.5 Å². The number of hydrogen-bond acceptors (Lipinski definition) is 4. The van der Waals surface area contributed by atoms with Gasteiger partial charge >= 0.3 is 0 Å². The highest BCUT2D eigenvalue weighted by Crippen LogP contribution is 2.35. The molecule has 1 atom stereocenters. The van der Waals surface area contributed by atoms with E-state index < -0.39 is 0 Å². The van der Waals surface area contributed by atoms with E-state index in [1.165, 1.54) is 10.4 Å². The molecule has 5 rings (SSSR count). The standard InChI is InChI=1S/C27H28N2O3S/c1-19-7-5-6-10-22(19)27(31)29(20-11-12-20)17-26(30)28-15-13-25-23(14-16-33-25)24(28)18-32-21-8-3-2-4-9-21/h2-10,14,16,20,24H,11-13,15,17-18H2,1H3. The number of nitrogens with zero attached hydrogens (tertiary/aromatic N) is 2. The lowest BCUT2D eigenvalue weighted by Gasteiger charge is -2.37. The Morgan fingerprint density at radius 2 is 1.82 bits per heavy atom. The van der Waals surface area contributed by atoms with Crippen molar-refractivity contribution < 1.29 is 14.3 Å². The summed E-state index contributed by atoms with van der Waals surface area (Å²) >= 11 is 1.74. The second-order valence-electron chi connectivity index (χ2n) is 8.76. The summed E-state index contributed by atoms with van der Waals surface area (Å²) in [5, 5.41) is 2.09. The maximum atomic E-state index is 13.6. The third kappa shape index (κ3) is 4.67. The molecule has 33 heavy (non-hydrogen) atoms. The molecule has 2 aliphatic rings. The Balaban J connectivity index is 1.35. The van der Waals surface area contributed by atoms with Crippen molar-refractivity contribution in [3.05, 3.63) is 87.6 Å². The highest BCUT2D eigenvalue weighted by Gasteiger charge is 2.38. The molecule has 1 unspecified atom stereocenters. The smallest absolute Gasteiger partial charge is 0.254 e. The van der Waals surface area contributed by atoms with Gasteiger partial charge in [0.25, 0.3) is 5.91 Å². The minimum absolute atomic E-state index is 0.0117. The topological polar surface area (TPSA) is 49.9 Å². The van der Waals surface area contributed by atoms with E-state index in [9.17, 15) is 9.59 Å². The predicted octanol–water partition coefficient (Wildman–Crippen LogP) is 4.87. The van der Waals surface area contributed by atoms with Gasteiger partial charge in [0.05, 0.1) is 6.04 Å². The summed E-state index contributed by atoms with van der Waals surface area (Å²) in [7, 11) is 0. The highest BCUT2D eigenvalue weighted by atomic mass is 32.1.